The zero-order valence-corrected chi connectivity index (χ0v) is 18.1. The fraction of sp³-hybridized carbons (Fsp3) is 0.522. The molecule has 0 radical (unpaired) electrons. The van der Waals surface area contributed by atoms with Gasteiger partial charge >= 0.3 is 6.18 Å². The molecule has 32 heavy (non-hydrogen) atoms. The number of nitrogens with zero attached hydrogens (tertiary/aromatic N) is 2. The maximum atomic E-state index is 13.4. The van der Waals surface area contributed by atoms with E-state index in [4.69, 9.17) is 0 Å². The highest BCUT2D eigenvalue weighted by molar-refractivity contribution is 5.79. The summed E-state index contributed by atoms with van der Waals surface area (Å²) >= 11 is 0. The normalized spacial score (nSPS) is 19.9. The Morgan fingerprint density at radius 2 is 1.81 bits per heavy atom. The Morgan fingerprint density at radius 3 is 2.38 bits per heavy atom. The van der Waals surface area contributed by atoms with Crippen LogP contribution in [-0.2, 0) is 13.0 Å². The number of halogens is 6. The number of hydrogen-bond acceptors (Lipinski definition) is 2. The average molecular weight is 459 g/mol. The molecule has 9 heteroatoms. The molecule has 0 saturated heterocycles. The molecule has 1 saturated carbocycles. The zero-order valence-electron chi connectivity index (χ0n) is 18.1. The van der Waals surface area contributed by atoms with Crippen LogP contribution in [0.2, 0.25) is 0 Å². The van der Waals surface area contributed by atoms with Gasteiger partial charge in [0, 0.05) is 42.8 Å². The maximum Gasteiger partial charge on any atom is 0.392 e. The van der Waals surface area contributed by atoms with Crippen LogP contribution in [0.1, 0.15) is 45.2 Å². The van der Waals surface area contributed by atoms with Crippen LogP contribution in [0, 0.1) is 17.7 Å². The molecule has 0 bridgehead atoms. The highest BCUT2D eigenvalue weighted by Crippen LogP contribution is 2.46. The van der Waals surface area contributed by atoms with E-state index in [1.807, 2.05) is 13.8 Å². The molecule has 0 amide bonds. The second-order valence-corrected chi connectivity index (χ2v) is 8.19. The minimum absolute atomic E-state index is 0.0709. The first kappa shape index (κ1) is 24.2. The summed E-state index contributed by atoms with van der Waals surface area (Å²) in [6, 6.07) is 5.45. The molecule has 1 N–H and O–H groups in total. The average Bonchev–Trinajstić information content (AvgIpc) is 3.05. The number of aromatic nitrogens is 2. The Balaban J connectivity index is 0.00000141. The van der Waals surface area contributed by atoms with E-state index in [9.17, 15) is 26.3 Å². The monoisotopic (exact) mass is 459 g/mol. The molecule has 1 unspecified atom stereocenters. The van der Waals surface area contributed by atoms with Crippen molar-refractivity contribution in [3.8, 4) is 11.1 Å². The van der Waals surface area contributed by atoms with Crippen molar-refractivity contribution in [2.75, 3.05) is 5.32 Å². The summed E-state index contributed by atoms with van der Waals surface area (Å²) in [4.78, 5) is 0. The minimum atomic E-state index is -4.32. The molecular weight excluding hydrogens is 432 g/mol. The van der Waals surface area contributed by atoms with Crippen LogP contribution >= 0.6 is 0 Å². The number of alkyl halides is 5. The van der Waals surface area contributed by atoms with Gasteiger partial charge < -0.3 is 5.32 Å². The van der Waals surface area contributed by atoms with Gasteiger partial charge in [-0.15, -0.1) is 0 Å². The Hall–Kier alpha value is -2.45. The van der Waals surface area contributed by atoms with Crippen molar-refractivity contribution in [3.05, 3.63) is 48.1 Å². The Morgan fingerprint density at radius 1 is 1.19 bits per heavy atom. The summed E-state index contributed by atoms with van der Waals surface area (Å²) in [5.74, 6) is -4.45. The van der Waals surface area contributed by atoms with E-state index in [0.29, 0.717) is 34.8 Å². The van der Waals surface area contributed by atoms with Crippen LogP contribution in [0.15, 0.2) is 36.5 Å². The van der Waals surface area contributed by atoms with Crippen molar-refractivity contribution in [2.24, 2.45) is 11.8 Å². The van der Waals surface area contributed by atoms with E-state index in [1.54, 1.807) is 0 Å². The lowest BCUT2D eigenvalue weighted by atomic mass is 9.78. The van der Waals surface area contributed by atoms with Gasteiger partial charge in [-0.05, 0) is 36.5 Å². The fourth-order valence-corrected chi connectivity index (χ4v) is 4.29. The molecule has 2 aliphatic rings. The third-order valence-electron chi connectivity index (χ3n) is 5.79. The summed E-state index contributed by atoms with van der Waals surface area (Å²) in [6.45, 7) is 7.99. The number of allylic oxidation sites excluding steroid dienone is 1. The van der Waals surface area contributed by atoms with Crippen molar-refractivity contribution < 1.29 is 26.3 Å². The summed E-state index contributed by atoms with van der Waals surface area (Å²) in [7, 11) is 0. The van der Waals surface area contributed by atoms with Gasteiger partial charge in [0.15, 0.2) is 5.82 Å². The number of rotatable bonds is 5. The van der Waals surface area contributed by atoms with Gasteiger partial charge in [-0.25, -0.2) is 13.2 Å². The number of anilines is 1. The second kappa shape index (κ2) is 9.19. The lowest BCUT2D eigenvalue weighted by Crippen LogP contribution is -2.35. The maximum absolute atomic E-state index is 13.4. The van der Waals surface area contributed by atoms with E-state index in [1.165, 1.54) is 28.9 Å². The second-order valence-electron chi connectivity index (χ2n) is 8.19. The first-order valence-electron chi connectivity index (χ1n) is 10.8. The van der Waals surface area contributed by atoms with Crippen LogP contribution in [0.25, 0.3) is 11.1 Å². The van der Waals surface area contributed by atoms with Crippen LogP contribution in [0.4, 0.5) is 32.2 Å². The summed E-state index contributed by atoms with van der Waals surface area (Å²) in [5, 5.41) is 7.44. The molecule has 2 heterocycles. The third kappa shape index (κ3) is 5.30. The Kier molecular flexibility index (Phi) is 6.95. The number of benzene rings is 1. The van der Waals surface area contributed by atoms with Crippen LogP contribution in [-0.4, -0.2) is 21.9 Å². The highest BCUT2D eigenvalue weighted by Gasteiger charge is 2.45. The van der Waals surface area contributed by atoms with Gasteiger partial charge in [-0.1, -0.05) is 32.6 Å². The van der Waals surface area contributed by atoms with Gasteiger partial charge in [-0.2, -0.15) is 18.3 Å². The number of fused-ring (bicyclic) bond motifs is 1. The van der Waals surface area contributed by atoms with E-state index < -0.39 is 23.8 Å². The molecular formula is C23H27F6N3. The van der Waals surface area contributed by atoms with Crippen LogP contribution < -0.4 is 5.32 Å². The first-order valence-corrected chi connectivity index (χ1v) is 10.8. The summed E-state index contributed by atoms with van der Waals surface area (Å²) in [6.07, 6.45) is -4.70. The molecule has 1 atom stereocenters. The topological polar surface area (TPSA) is 29.9 Å². The lowest BCUT2D eigenvalue weighted by molar-refractivity contribution is -0.179. The summed E-state index contributed by atoms with van der Waals surface area (Å²) in [5.41, 5.74) is 1.89. The summed E-state index contributed by atoms with van der Waals surface area (Å²) < 4.78 is 81.1. The smallest absolute Gasteiger partial charge is 0.342 e. The number of nitrogens with one attached hydrogen (secondary N) is 1. The van der Waals surface area contributed by atoms with Crippen LogP contribution in [0.5, 0.6) is 0 Å². The molecule has 3 nitrogen and oxygen atoms in total. The van der Waals surface area contributed by atoms with E-state index in [-0.39, 0.29) is 38.1 Å². The SMILES string of the molecule is C=C(CC1CC(F)(F)C1)Nc1nn2c(c1-c1ccc(F)cc1)CC(C(F)(F)F)CC2.CC. The molecule has 1 aliphatic heterocycles. The molecule has 2 aromatic rings. The molecule has 1 fully saturated rings. The predicted octanol–water partition coefficient (Wildman–Crippen LogP) is 7.20. The number of hydrogen-bond donors (Lipinski definition) is 1. The predicted molar refractivity (Wildman–Crippen MR) is 112 cm³/mol. The Bertz CT molecular complexity index is 938. The van der Waals surface area contributed by atoms with Gasteiger partial charge in [0.25, 0.3) is 0 Å². The number of aryl methyl sites for hydroxylation is 1. The first-order chi connectivity index (χ1) is 15.0. The standard InChI is InChI=1S/C21H21F6N3.C2H6/c1-12(8-13-10-20(23,24)11-13)28-19-18(14-2-4-16(22)5-3-14)17-9-15(21(25,26)27)6-7-30(17)29-19;1-2/h2-5,13,15H,1,6-11H2,(H,28,29);1-2H3. The van der Waals surface area contributed by atoms with Gasteiger partial charge in [0.05, 0.1) is 5.92 Å². The van der Waals surface area contributed by atoms with Crippen molar-refractivity contribution in [1.82, 2.24) is 9.78 Å². The highest BCUT2D eigenvalue weighted by atomic mass is 19.4. The van der Waals surface area contributed by atoms with Crippen molar-refractivity contribution in [2.45, 2.75) is 64.6 Å². The third-order valence-corrected chi connectivity index (χ3v) is 5.79. The molecule has 4 rings (SSSR count). The minimum Gasteiger partial charge on any atom is -0.342 e. The molecule has 1 aliphatic carbocycles. The van der Waals surface area contributed by atoms with E-state index in [0.717, 1.165) is 0 Å². The van der Waals surface area contributed by atoms with Crippen LogP contribution in [0.3, 0.4) is 0 Å². The van der Waals surface area contributed by atoms with Gasteiger partial charge in [0.2, 0.25) is 5.92 Å². The zero-order chi connectivity index (χ0) is 23.7. The van der Waals surface area contributed by atoms with Gasteiger partial charge in [0.1, 0.15) is 5.82 Å². The Labute approximate surface area is 183 Å². The van der Waals surface area contributed by atoms with Crippen molar-refractivity contribution in [3.63, 3.8) is 0 Å². The van der Waals surface area contributed by atoms with Gasteiger partial charge in [-0.3, -0.25) is 4.68 Å². The van der Waals surface area contributed by atoms with Crippen molar-refractivity contribution in [1.29, 1.82) is 0 Å². The van der Waals surface area contributed by atoms with E-state index >= 15 is 0 Å². The molecule has 176 valence electrons. The molecule has 1 aromatic heterocycles. The quantitative estimate of drug-likeness (QED) is 0.479. The largest absolute Gasteiger partial charge is 0.392 e. The molecule has 1 aromatic carbocycles. The van der Waals surface area contributed by atoms with E-state index in [2.05, 4.69) is 17.0 Å². The molecule has 0 spiro atoms. The van der Waals surface area contributed by atoms with Crippen molar-refractivity contribution >= 4 is 5.82 Å². The lowest BCUT2D eigenvalue weighted by Gasteiger charge is -2.35. The fourth-order valence-electron chi connectivity index (χ4n) is 4.29.